The van der Waals surface area contributed by atoms with E-state index in [-0.39, 0.29) is 5.91 Å². The molecule has 0 unspecified atom stereocenters. The van der Waals surface area contributed by atoms with E-state index in [1.807, 2.05) is 0 Å². The van der Waals surface area contributed by atoms with Gasteiger partial charge in [0.1, 0.15) is 11.6 Å². The van der Waals surface area contributed by atoms with Gasteiger partial charge in [0.15, 0.2) is 0 Å². The molecular weight excluding hydrogens is 194 g/mol. The minimum atomic E-state index is -0.198. The van der Waals surface area contributed by atoms with Gasteiger partial charge in [-0.2, -0.15) is 0 Å². The summed E-state index contributed by atoms with van der Waals surface area (Å²) < 4.78 is 5.04. The smallest absolute Gasteiger partial charge is 0.273 e. The van der Waals surface area contributed by atoms with Gasteiger partial charge in [0.2, 0.25) is 0 Å². The van der Waals surface area contributed by atoms with Crippen LogP contribution in [0.4, 0.5) is 0 Å². The van der Waals surface area contributed by atoms with Crippen LogP contribution in [0.1, 0.15) is 29.0 Å². The van der Waals surface area contributed by atoms with Gasteiger partial charge >= 0.3 is 0 Å². The second-order valence-electron chi connectivity index (χ2n) is 3.40. The van der Waals surface area contributed by atoms with E-state index in [9.17, 15) is 4.79 Å². The van der Waals surface area contributed by atoms with E-state index in [0.29, 0.717) is 11.3 Å². The molecule has 80 valence electrons. The zero-order chi connectivity index (χ0) is 10.7. The summed E-state index contributed by atoms with van der Waals surface area (Å²) in [6, 6.07) is 1.64. The maximum Gasteiger partial charge on any atom is 0.273 e. The van der Waals surface area contributed by atoms with E-state index in [2.05, 4.69) is 15.8 Å². The fraction of sp³-hybridized carbons (Fsp3) is 0.400. The molecule has 5 nitrogen and oxygen atoms in total. The molecule has 0 aromatic carbocycles. The molecule has 1 aromatic heterocycles. The summed E-state index contributed by atoms with van der Waals surface area (Å²) >= 11 is 0. The Morgan fingerprint density at radius 3 is 3.07 bits per heavy atom. The normalized spacial score (nSPS) is 14.9. The molecule has 0 saturated heterocycles. The number of aryl methyl sites for hydroxylation is 1. The molecular formula is C10H13N3O2. The van der Waals surface area contributed by atoms with Gasteiger partial charge in [-0.25, -0.2) is 0 Å². The largest absolute Gasteiger partial charge is 0.469 e. The minimum absolute atomic E-state index is 0.198. The van der Waals surface area contributed by atoms with E-state index in [4.69, 9.17) is 4.42 Å². The van der Waals surface area contributed by atoms with Crippen LogP contribution in [-0.4, -0.2) is 18.3 Å². The number of aliphatic imine (C=N–C) groups is 1. The highest BCUT2D eigenvalue weighted by atomic mass is 16.3. The standard InChI is InChI=1S/C10H13N3O2/c1-7-8(4-6-15-7)10(14)13-12-9-3-2-5-11-9/h4,6H,2-3,5H2,1H3,(H,11,12)(H,13,14). The third-order valence-electron chi connectivity index (χ3n) is 2.30. The van der Waals surface area contributed by atoms with Gasteiger partial charge in [-0.05, 0) is 19.4 Å². The van der Waals surface area contributed by atoms with Crippen molar-refractivity contribution in [2.24, 2.45) is 4.99 Å². The Balaban J connectivity index is 1.90. The average Bonchev–Trinajstić information content (AvgIpc) is 2.84. The van der Waals surface area contributed by atoms with Crippen LogP contribution in [0.15, 0.2) is 21.7 Å². The van der Waals surface area contributed by atoms with Gasteiger partial charge in [0.25, 0.3) is 5.91 Å². The lowest BCUT2D eigenvalue weighted by atomic mass is 10.2. The summed E-state index contributed by atoms with van der Waals surface area (Å²) in [4.78, 5) is 15.8. The fourth-order valence-corrected chi connectivity index (χ4v) is 1.46. The number of amidine groups is 1. The zero-order valence-electron chi connectivity index (χ0n) is 8.54. The number of nitrogens with zero attached hydrogens (tertiary/aromatic N) is 1. The summed E-state index contributed by atoms with van der Waals surface area (Å²) in [6.07, 6.45) is 3.44. The monoisotopic (exact) mass is 207 g/mol. The predicted octanol–water partition coefficient (Wildman–Crippen LogP) is 1.01. The van der Waals surface area contributed by atoms with E-state index >= 15 is 0 Å². The third-order valence-corrected chi connectivity index (χ3v) is 2.30. The fourth-order valence-electron chi connectivity index (χ4n) is 1.46. The number of amides is 1. The van der Waals surface area contributed by atoms with Crippen LogP contribution in [0, 0.1) is 6.92 Å². The first-order valence-electron chi connectivity index (χ1n) is 4.91. The van der Waals surface area contributed by atoms with Crippen molar-refractivity contribution in [3.8, 4) is 0 Å². The van der Waals surface area contributed by atoms with Gasteiger partial charge in [0.05, 0.1) is 11.8 Å². The first kappa shape index (κ1) is 9.76. The van der Waals surface area contributed by atoms with Gasteiger partial charge < -0.3 is 4.42 Å². The number of hydrogen-bond acceptors (Lipinski definition) is 4. The van der Waals surface area contributed by atoms with Crippen molar-refractivity contribution < 1.29 is 9.21 Å². The molecule has 1 aromatic rings. The van der Waals surface area contributed by atoms with E-state index < -0.39 is 0 Å². The summed E-state index contributed by atoms with van der Waals surface area (Å²) in [5.74, 6) is 1.25. The van der Waals surface area contributed by atoms with E-state index in [1.54, 1.807) is 13.0 Å². The van der Waals surface area contributed by atoms with Crippen LogP contribution >= 0.6 is 0 Å². The van der Waals surface area contributed by atoms with Crippen LogP contribution in [-0.2, 0) is 0 Å². The molecule has 0 atom stereocenters. The Morgan fingerprint density at radius 2 is 2.47 bits per heavy atom. The topological polar surface area (TPSA) is 66.6 Å². The van der Waals surface area contributed by atoms with Crippen molar-refractivity contribution >= 4 is 11.7 Å². The molecule has 2 N–H and O–H groups in total. The van der Waals surface area contributed by atoms with Crippen molar-refractivity contribution in [2.75, 3.05) is 6.54 Å². The van der Waals surface area contributed by atoms with E-state index in [0.717, 1.165) is 25.2 Å². The number of nitrogens with one attached hydrogen (secondary N) is 2. The number of furan rings is 1. The molecule has 15 heavy (non-hydrogen) atoms. The van der Waals surface area contributed by atoms with Crippen LogP contribution in [0.25, 0.3) is 0 Å². The van der Waals surface area contributed by atoms with Crippen molar-refractivity contribution in [2.45, 2.75) is 19.8 Å². The Bertz CT molecular complexity index is 395. The van der Waals surface area contributed by atoms with Crippen molar-refractivity contribution in [1.82, 2.24) is 10.9 Å². The Labute approximate surface area is 87.5 Å². The lowest BCUT2D eigenvalue weighted by molar-refractivity contribution is 0.0942. The Kier molecular flexibility index (Phi) is 2.71. The number of carbonyl (C=O) groups is 1. The molecule has 0 aliphatic carbocycles. The second kappa shape index (κ2) is 4.16. The average molecular weight is 207 g/mol. The SMILES string of the molecule is Cc1occc1C(=O)NNC1=NCCC1. The van der Waals surface area contributed by atoms with Gasteiger partial charge in [-0.15, -0.1) is 0 Å². The van der Waals surface area contributed by atoms with Crippen molar-refractivity contribution in [3.05, 3.63) is 23.7 Å². The maximum atomic E-state index is 11.6. The molecule has 2 rings (SSSR count). The highest BCUT2D eigenvalue weighted by molar-refractivity contribution is 5.96. The van der Waals surface area contributed by atoms with Gasteiger partial charge in [-0.3, -0.25) is 20.6 Å². The summed E-state index contributed by atoms with van der Waals surface area (Å²) in [6.45, 7) is 2.59. The second-order valence-corrected chi connectivity index (χ2v) is 3.40. The van der Waals surface area contributed by atoms with Crippen molar-refractivity contribution in [1.29, 1.82) is 0 Å². The Morgan fingerprint density at radius 1 is 1.60 bits per heavy atom. The van der Waals surface area contributed by atoms with Gasteiger partial charge in [0, 0.05) is 13.0 Å². The molecule has 1 aliphatic rings. The first-order chi connectivity index (χ1) is 7.27. The molecule has 0 saturated carbocycles. The highest BCUT2D eigenvalue weighted by Crippen LogP contribution is 2.07. The molecule has 1 amide bonds. The molecule has 0 bridgehead atoms. The molecule has 2 heterocycles. The zero-order valence-corrected chi connectivity index (χ0v) is 8.54. The van der Waals surface area contributed by atoms with Crippen LogP contribution in [0.3, 0.4) is 0 Å². The first-order valence-corrected chi connectivity index (χ1v) is 4.91. The number of hydrazine groups is 1. The third kappa shape index (κ3) is 2.18. The number of rotatable bonds is 1. The minimum Gasteiger partial charge on any atom is -0.469 e. The lowest BCUT2D eigenvalue weighted by Crippen LogP contribution is -2.41. The quantitative estimate of drug-likeness (QED) is 0.675. The van der Waals surface area contributed by atoms with Crippen molar-refractivity contribution in [3.63, 3.8) is 0 Å². The summed E-state index contributed by atoms with van der Waals surface area (Å²) in [5, 5.41) is 0. The maximum absolute atomic E-state index is 11.6. The lowest BCUT2D eigenvalue weighted by Gasteiger charge is -2.06. The number of hydrogen-bond donors (Lipinski definition) is 2. The van der Waals surface area contributed by atoms with Gasteiger partial charge in [-0.1, -0.05) is 0 Å². The number of carbonyl (C=O) groups excluding carboxylic acids is 1. The Hall–Kier alpha value is -1.78. The molecule has 0 spiro atoms. The molecule has 1 aliphatic heterocycles. The summed E-state index contributed by atoms with van der Waals surface area (Å²) in [7, 11) is 0. The summed E-state index contributed by atoms with van der Waals surface area (Å²) in [5.41, 5.74) is 5.94. The van der Waals surface area contributed by atoms with Crippen LogP contribution in [0.5, 0.6) is 0 Å². The molecule has 5 heteroatoms. The molecule has 0 radical (unpaired) electrons. The van der Waals surface area contributed by atoms with E-state index in [1.165, 1.54) is 6.26 Å². The molecule has 0 fully saturated rings. The highest BCUT2D eigenvalue weighted by Gasteiger charge is 2.12. The van der Waals surface area contributed by atoms with Crippen LogP contribution in [0.2, 0.25) is 0 Å². The van der Waals surface area contributed by atoms with Crippen LogP contribution < -0.4 is 10.9 Å². The predicted molar refractivity (Wildman–Crippen MR) is 55.6 cm³/mol.